The van der Waals surface area contributed by atoms with Gasteiger partial charge in [-0.2, -0.15) is 16.4 Å². The van der Waals surface area contributed by atoms with Crippen LogP contribution in [0.4, 0.5) is 0 Å². The highest BCUT2D eigenvalue weighted by atomic mass is 32.1. The minimum atomic E-state index is 0.147. The summed E-state index contributed by atoms with van der Waals surface area (Å²) in [5.74, 6) is 0.906. The number of rotatable bonds is 9. The molecule has 0 spiro atoms. The van der Waals surface area contributed by atoms with Gasteiger partial charge in [-0.25, -0.2) is 0 Å². The van der Waals surface area contributed by atoms with Crippen LogP contribution in [0.25, 0.3) is 0 Å². The first kappa shape index (κ1) is 22.2. The molecule has 4 rings (SSSR count). The molecule has 3 aromatic heterocycles. The molecule has 4 aromatic rings. The van der Waals surface area contributed by atoms with E-state index in [0.29, 0.717) is 0 Å². The first-order valence-corrected chi connectivity index (χ1v) is 11.8. The lowest BCUT2D eigenvalue weighted by molar-refractivity contribution is 0.410. The predicted molar refractivity (Wildman–Crippen MR) is 130 cm³/mol. The number of hydrogen-bond acceptors (Lipinski definition) is 5. The molecule has 1 aromatic carbocycles. The summed E-state index contributed by atoms with van der Waals surface area (Å²) in [6.07, 6.45) is 3.65. The number of pyridine rings is 1. The van der Waals surface area contributed by atoms with Crippen LogP contribution < -0.4 is 10.1 Å². The van der Waals surface area contributed by atoms with E-state index in [1.807, 2.05) is 13.1 Å². The molecule has 166 valence electrons. The topological polar surface area (TPSA) is 62.8 Å². The number of nitrogens with one attached hydrogen (secondary N) is 2. The van der Waals surface area contributed by atoms with E-state index < -0.39 is 0 Å². The smallest absolute Gasteiger partial charge is 0.122 e. The molecule has 5 nitrogen and oxygen atoms in total. The van der Waals surface area contributed by atoms with Crippen molar-refractivity contribution in [1.29, 1.82) is 0 Å². The van der Waals surface area contributed by atoms with Gasteiger partial charge >= 0.3 is 0 Å². The first-order valence-electron chi connectivity index (χ1n) is 10.9. The number of thiophene rings is 1. The molecule has 0 radical (unpaired) electrons. The van der Waals surface area contributed by atoms with Gasteiger partial charge in [0, 0.05) is 30.4 Å². The molecule has 32 heavy (non-hydrogen) atoms. The maximum absolute atomic E-state index is 5.65. The summed E-state index contributed by atoms with van der Waals surface area (Å²) in [6, 6.07) is 13.0. The summed E-state index contributed by atoms with van der Waals surface area (Å²) in [4.78, 5) is 4.70. The molecular formula is C26H30N4OS. The van der Waals surface area contributed by atoms with Gasteiger partial charge in [-0.15, -0.1) is 0 Å². The van der Waals surface area contributed by atoms with Crippen molar-refractivity contribution in [1.82, 2.24) is 20.5 Å². The van der Waals surface area contributed by atoms with E-state index in [1.54, 1.807) is 18.4 Å². The maximum atomic E-state index is 5.65. The maximum Gasteiger partial charge on any atom is 0.122 e. The zero-order valence-corrected chi connectivity index (χ0v) is 19.9. The molecule has 1 atom stereocenters. The number of nitrogens with zero attached hydrogens (tertiary/aromatic N) is 2. The number of aromatic amines is 1. The van der Waals surface area contributed by atoms with Crippen molar-refractivity contribution in [2.24, 2.45) is 0 Å². The standard InChI is InChI=1S/C26H30N4OS/c1-17-5-7-24(27-14-17)25(12-21-9-10-32-16-21)28-15-20-6-8-26(31-4)22(11-20)13-23-18(2)29-30-19(23)3/h5-11,14,16,25,28H,12-13,15H2,1-4H3,(H,29,30)/t25-/m1/s1. The number of benzene rings is 1. The van der Waals surface area contributed by atoms with Crippen molar-refractivity contribution in [3.63, 3.8) is 0 Å². The van der Waals surface area contributed by atoms with E-state index in [-0.39, 0.29) is 6.04 Å². The molecule has 3 heterocycles. The lowest BCUT2D eigenvalue weighted by atomic mass is 9.99. The van der Waals surface area contributed by atoms with Crippen LogP contribution in [0, 0.1) is 20.8 Å². The number of hydrogen-bond donors (Lipinski definition) is 2. The molecule has 0 unspecified atom stereocenters. The quantitative estimate of drug-likeness (QED) is 0.358. The van der Waals surface area contributed by atoms with Gasteiger partial charge in [-0.3, -0.25) is 10.1 Å². The monoisotopic (exact) mass is 446 g/mol. The van der Waals surface area contributed by atoms with Gasteiger partial charge in [0.05, 0.1) is 24.5 Å². The zero-order chi connectivity index (χ0) is 22.5. The highest BCUT2D eigenvalue weighted by Gasteiger charge is 2.15. The fourth-order valence-corrected chi connectivity index (χ4v) is 4.64. The Hall–Kier alpha value is -2.96. The zero-order valence-electron chi connectivity index (χ0n) is 19.1. The van der Waals surface area contributed by atoms with Crippen molar-refractivity contribution >= 4 is 11.3 Å². The van der Waals surface area contributed by atoms with Crippen LogP contribution >= 0.6 is 11.3 Å². The second kappa shape index (κ2) is 10.1. The Bertz CT molecular complexity index is 1130. The molecular weight excluding hydrogens is 416 g/mol. The minimum absolute atomic E-state index is 0.147. The summed E-state index contributed by atoms with van der Waals surface area (Å²) in [7, 11) is 1.73. The number of H-pyrrole nitrogens is 1. The van der Waals surface area contributed by atoms with Gasteiger partial charge in [0.25, 0.3) is 0 Å². The van der Waals surface area contributed by atoms with Crippen LogP contribution in [0.2, 0.25) is 0 Å². The molecule has 0 aliphatic carbocycles. The van der Waals surface area contributed by atoms with Crippen LogP contribution in [0.1, 0.15) is 50.9 Å². The van der Waals surface area contributed by atoms with E-state index >= 15 is 0 Å². The lowest BCUT2D eigenvalue weighted by Crippen LogP contribution is -2.24. The van der Waals surface area contributed by atoms with Gasteiger partial charge < -0.3 is 10.1 Å². The average Bonchev–Trinajstić information content (AvgIpc) is 3.42. The second-order valence-electron chi connectivity index (χ2n) is 8.27. The fourth-order valence-electron chi connectivity index (χ4n) is 3.96. The third-order valence-corrected chi connectivity index (χ3v) is 6.59. The molecule has 6 heteroatoms. The van der Waals surface area contributed by atoms with Crippen LogP contribution in [-0.2, 0) is 19.4 Å². The Labute approximate surface area is 193 Å². The van der Waals surface area contributed by atoms with Crippen molar-refractivity contribution in [2.75, 3.05) is 7.11 Å². The van der Waals surface area contributed by atoms with Crippen molar-refractivity contribution in [3.05, 3.63) is 98.3 Å². The average molecular weight is 447 g/mol. The molecule has 0 fully saturated rings. The molecule has 0 aliphatic rings. The van der Waals surface area contributed by atoms with Crippen LogP contribution in [0.15, 0.2) is 53.4 Å². The SMILES string of the molecule is COc1ccc(CN[C@H](Cc2ccsc2)c2ccc(C)cn2)cc1Cc1c(C)n[nH]c1C. The summed E-state index contributed by atoms with van der Waals surface area (Å²) in [5.41, 5.74) is 9.34. The largest absolute Gasteiger partial charge is 0.496 e. The summed E-state index contributed by atoms with van der Waals surface area (Å²) >= 11 is 1.73. The van der Waals surface area contributed by atoms with Crippen molar-refractivity contribution < 1.29 is 4.74 Å². The molecule has 0 amide bonds. The van der Waals surface area contributed by atoms with E-state index in [9.17, 15) is 0 Å². The molecule has 0 saturated heterocycles. The Morgan fingerprint density at radius 3 is 2.62 bits per heavy atom. The van der Waals surface area contributed by atoms with Crippen molar-refractivity contribution in [3.8, 4) is 5.75 Å². The molecule has 0 aliphatic heterocycles. The summed E-state index contributed by atoms with van der Waals surface area (Å²) < 4.78 is 5.65. The van der Waals surface area contributed by atoms with E-state index in [1.165, 1.54) is 27.8 Å². The van der Waals surface area contributed by atoms with E-state index in [2.05, 4.69) is 76.5 Å². The number of methoxy groups -OCH3 is 1. The molecule has 0 saturated carbocycles. The number of ether oxygens (including phenoxy) is 1. The second-order valence-corrected chi connectivity index (χ2v) is 9.05. The van der Waals surface area contributed by atoms with Crippen LogP contribution in [0.3, 0.4) is 0 Å². The highest BCUT2D eigenvalue weighted by Crippen LogP contribution is 2.26. The molecule has 2 N–H and O–H groups in total. The number of aryl methyl sites for hydroxylation is 3. The predicted octanol–water partition coefficient (Wildman–Crippen LogP) is 5.46. The minimum Gasteiger partial charge on any atom is -0.496 e. The fraction of sp³-hybridized carbons (Fsp3) is 0.308. The van der Waals surface area contributed by atoms with Gasteiger partial charge in [0.15, 0.2) is 0 Å². The van der Waals surface area contributed by atoms with Gasteiger partial charge in [0.2, 0.25) is 0 Å². The Morgan fingerprint density at radius 2 is 1.97 bits per heavy atom. The Kier molecular flexibility index (Phi) is 7.02. The molecule has 0 bridgehead atoms. The third-order valence-electron chi connectivity index (χ3n) is 5.86. The lowest BCUT2D eigenvalue weighted by Gasteiger charge is -2.19. The van der Waals surface area contributed by atoms with Crippen LogP contribution in [0.5, 0.6) is 5.75 Å². The van der Waals surface area contributed by atoms with Crippen molar-refractivity contribution in [2.45, 2.75) is 46.2 Å². The van der Waals surface area contributed by atoms with Gasteiger partial charge in [-0.1, -0.05) is 18.2 Å². The van der Waals surface area contributed by atoms with E-state index in [4.69, 9.17) is 9.72 Å². The summed E-state index contributed by atoms with van der Waals surface area (Å²) in [5, 5.41) is 15.5. The van der Waals surface area contributed by atoms with Gasteiger partial charge in [0.1, 0.15) is 5.75 Å². The number of aromatic nitrogens is 3. The van der Waals surface area contributed by atoms with Crippen LogP contribution in [-0.4, -0.2) is 22.3 Å². The Morgan fingerprint density at radius 1 is 1.09 bits per heavy atom. The first-order chi connectivity index (χ1) is 15.5. The van der Waals surface area contributed by atoms with Gasteiger partial charge in [-0.05, 0) is 78.4 Å². The van der Waals surface area contributed by atoms with E-state index in [0.717, 1.165) is 42.2 Å². The highest BCUT2D eigenvalue weighted by molar-refractivity contribution is 7.07. The Balaban J connectivity index is 1.54. The third kappa shape index (κ3) is 5.26. The normalized spacial score (nSPS) is 12.1. The summed E-state index contributed by atoms with van der Waals surface area (Å²) in [6.45, 7) is 6.93.